The molecule has 2 aliphatic carbocycles. The summed E-state index contributed by atoms with van der Waals surface area (Å²) in [5.41, 5.74) is 21.5. The van der Waals surface area contributed by atoms with Gasteiger partial charge in [0.1, 0.15) is 5.58 Å². The van der Waals surface area contributed by atoms with Crippen LogP contribution >= 0.6 is 0 Å². The van der Waals surface area contributed by atoms with Gasteiger partial charge in [-0.05, 0) is 122 Å². The van der Waals surface area contributed by atoms with Gasteiger partial charge in [-0.3, -0.25) is 0 Å². The Bertz CT molecular complexity index is 3580. The van der Waals surface area contributed by atoms with Crippen molar-refractivity contribution in [3.05, 3.63) is 216 Å². The average Bonchev–Trinajstić information content (AvgIpc) is 4.00. The molecule has 0 aliphatic heterocycles. The molecule has 0 fully saturated rings. The maximum Gasteiger partial charge on any atom is 0.159 e. The van der Waals surface area contributed by atoms with Gasteiger partial charge in [0.25, 0.3) is 0 Å². The van der Waals surface area contributed by atoms with Crippen molar-refractivity contribution in [3.8, 4) is 39.1 Å². The molecule has 2 heterocycles. The maximum absolute atomic E-state index is 6.56. The topological polar surface area (TPSA) is 21.3 Å². The number of rotatable bonds is 5. The maximum atomic E-state index is 6.56. The van der Waals surface area contributed by atoms with Crippen molar-refractivity contribution < 1.29 is 4.42 Å². The van der Waals surface area contributed by atoms with E-state index in [0.717, 1.165) is 55.7 Å². The molecule has 13 rings (SSSR count). The zero-order chi connectivity index (χ0) is 42.2. The van der Waals surface area contributed by atoms with Crippen molar-refractivity contribution in [2.24, 2.45) is 0 Å². The van der Waals surface area contributed by atoms with Crippen LogP contribution in [-0.4, -0.2) is 4.57 Å². The standard InChI is InChI=1S/C60H44N2O/c1-59(2)50-19-9-5-14-42(50)44-31-29-40(35-52(44)59)61(41-30-32-45-43-15-6-10-20-51(43)60(3,4)53(45)36-41)39-27-24-37(25-28-39)38-26-33-55-49(34-38)46-16-7-11-21-54(46)62(55)56-22-13-18-48-47-17-8-12-23-57(47)63-58(48)56/h5-36H,1-4H3. The Morgan fingerprint density at radius 3 is 1.59 bits per heavy atom. The molecule has 11 aromatic rings. The van der Waals surface area contributed by atoms with E-state index in [1.54, 1.807) is 0 Å². The summed E-state index contributed by atoms with van der Waals surface area (Å²) in [6.45, 7) is 9.46. The van der Waals surface area contributed by atoms with Crippen molar-refractivity contribution in [3.63, 3.8) is 0 Å². The fourth-order valence-electron chi connectivity index (χ4n) is 11.2. The molecule has 0 N–H and O–H groups in total. The van der Waals surface area contributed by atoms with Gasteiger partial charge in [-0.15, -0.1) is 0 Å². The Morgan fingerprint density at radius 2 is 0.905 bits per heavy atom. The van der Waals surface area contributed by atoms with Gasteiger partial charge in [0.15, 0.2) is 5.58 Å². The zero-order valence-corrected chi connectivity index (χ0v) is 35.8. The molecule has 0 amide bonds. The van der Waals surface area contributed by atoms with E-state index in [-0.39, 0.29) is 10.8 Å². The summed E-state index contributed by atoms with van der Waals surface area (Å²) in [4.78, 5) is 2.46. The molecule has 300 valence electrons. The van der Waals surface area contributed by atoms with E-state index in [9.17, 15) is 0 Å². The molecule has 0 radical (unpaired) electrons. The van der Waals surface area contributed by atoms with Crippen molar-refractivity contribution in [2.45, 2.75) is 38.5 Å². The zero-order valence-electron chi connectivity index (χ0n) is 35.8. The third-order valence-electron chi connectivity index (χ3n) is 14.4. The van der Waals surface area contributed by atoms with Gasteiger partial charge in [-0.2, -0.15) is 0 Å². The number of anilines is 3. The van der Waals surface area contributed by atoms with Crippen molar-refractivity contribution in [1.29, 1.82) is 0 Å². The first-order valence-electron chi connectivity index (χ1n) is 22.1. The fraction of sp³-hybridized carbons (Fsp3) is 0.100. The van der Waals surface area contributed by atoms with Gasteiger partial charge in [0.05, 0.1) is 16.7 Å². The second-order valence-electron chi connectivity index (χ2n) is 18.5. The van der Waals surface area contributed by atoms with Gasteiger partial charge in [0, 0.05) is 49.4 Å². The van der Waals surface area contributed by atoms with Crippen LogP contribution < -0.4 is 4.90 Å². The highest BCUT2D eigenvalue weighted by atomic mass is 16.3. The van der Waals surface area contributed by atoms with Crippen molar-refractivity contribution in [1.82, 2.24) is 4.57 Å². The van der Waals surface area contributed by atoms with E-state index >= 15 is 0 Å². The highest BCUT2D eigenvalue weighted by molar-refractivity contribution is 6.13. The second-order valence-corrected chi connectivity index (χ2v) is 18.5. The number of fused-ring (bicyclic) bond motifs is 12. The molecule has 0 saturated heterocycles. The Labute approximate surface area is 367 Å². The van der Waals surface area contributed by atoms with Gasteiger partial charge in [0.2, 0.25) is 0 Å². The number of hydrogen-bond acceptors (Lipinski definition) is 2. The summed E-state index contributed by atoms with van der Waals surface area (Å²) >= 11 is 0. The summed E-state index contributed by atoms with van der Waals surface area (Å²) in [5, 5.41) is 4.69. The first-order chi connectivity index (χ1) is 30.8. The second kappa shape index (κ2) is 13.0. The molecule has 63 heavy (non-hydrogen) atoms. The lowest BCUT2D eigenvalue weighted by atomic mass is 9.82. The molecule has 2 aliphatic rings. The Kier molecular flexibility index (Phi) is 7.42. The van der Waals surface area contributed by atoms with Gasteiger partial charge >= 0.3 is 0 Å². The first-order valence-corrected chi connectivity index (χ1v) is 22.1. The number of aromatic nitrogens is 1. The first kappa shape index (κ1) is 36.1. The minimum Gasteiger partial charge on any atom is -0.454 e. The van der Waals surface area contributed by atoms with E-state index in [1.807, 2.05) is 6.07 Å². The number of furan rings is 1. The minimum atomic E-state index is -0.112. The van der Waals surface area contributed by atoms with Crippen LogP contribution in [0, 0.1) is 0 Å². The lowest BCUT2D eigenvalue weighted by Crippen LogP contribution is -2.18. The molecule has 9 aromatic carbocycles. The average molecular weight is 809 g/mol. The van der Waals surface area contributed by atoms with Crippen molar-refractivity contribution >= 4 is 60.8 Å². The summed E-state index contributed by atoms with van der Waals surface area (Å²) in [7, 11) is 0. The van der Waals surface area contributed by atoms with Gasteiger partial charge in [-0.25, -0.2) is 0 Å². The molecule has 0 unspecified atom stereocenters. The molecule has 0 bridgehead atoms. The normalized spacial score (nSPS) is 14.3. The van der Waals surface area contributed by atoms with Crippen LogP contribution in [0.15, 0.2) is 199 Å². The van der Waals surface area contributed by atoms with Crippen LogP contribution in [0.1, 0.15) is 49.9 Å². The third kappa shape index (κ3) is 5.08. The molecular formula is C60H44N2O. The predicted octanol–water partition coefficient (Wildman–Crippen LogP) is 16.4. The molecule has 0 spiro atoms. The quantitative estimate of drug-likeness (QED) is 0.173. The fourth-order valence-corrected chi connectivity index (χ4v) is 11.2. The summed E-state index contributed by atoms with van der Waals surface area (Å²) in [6, 6.07) is 71.6. The lowest BCUT2D eigenvalue weighted by molar-refractivity contribution is 0.660. The molecule has 3 nitrogen and oxygen atoms in total. The number of nitrogens with zero attached hydrogens (tertiary/aromatic N) is 2. The van der Waals surface area contributed by atoms with Gasteiger partial charge < -0.3 is 13.9 Å². The van der Waals surface area contributed by atoms with Crippen molar-refractivity contribution in [2.75, 3.05) is 4.90 Å². The Morgan fingerprint density at radius 1 is 0.381 bits per heavy atom. The van der Waals surface area contributed by atoms with E-state index < -0.39 is 0 Å². The highest BCUT2D eigenvalue weighted by Crippen LogP contribution is 2.53. The predicted molar refractivity (Wildman–Crippen MR) is 263 cm³/mol. The number of benzene rings is 9. The summed E-state index contributed by atoms with van der Waals surface area (Å²) in [5.74, 6) is 0. The molecule has 3 heteroatoms. The molecule has 0 atom stereocenters. The SMILES string of the molecule is CC1(C)c2ccccc2-c2ccc(N(c3ccc(-c4ccc5c(c4)c4ccccc4n5-c4cccc5c4oc4ccccc45)cc3)c3ccc4c(c3)C(C)(C)c3ccccc3-4)cc21. The molecular weight excluding hydrogens is 765 g/mol. The third-order valence-corrected chi connectivity index (χ3v) is 14.4. The molecule has 2 aromatic heterocycles. The largest absolute Gasteiger partial charge is 0.454 e. The number of para-hydroxylation sites is 3. The van der Waals surface area contributed by atoms with Crippen LogP contribution in [0.5, 0.6) is 0 Å². The van der Waals surface area contributed by atoms with E-state index in [4.69, 9.17) is 4.42 Å². The summed E-state index contributed by atoms with van der Waals surface area (Å²) in [6.07, 6.45) is 0. The van der Waals surface area contributed by atoms with E-state index in [2.05, 4.69) is 225 Å². The number of hydrogen-bond donors (Lipinski definition) is 0. The highest BCUT2D eigenvalue weighted by Gasteiger charge is 2.37. The summed E-state index contributed by atoms with van der Waals surface area (Å²) < 4.78 is 8.93. The van der Waals surface area contributed by atoms with E-state index in [0.29, 0.717) is 0 Å². The van der Waals surface area contributed by atoms with Crippen LogP contribution in [0.3, 0.4) is 0 Å². The minimum absolute atomic E-state index is 0.112. The monoisotopic (exact) mass is 808 g/mol. The van der Waals surface area contributed by atoms with Crippen LogP contribution in [0.25, 0.3) is 82.8 Å². The Hall–Kier alpha value is -7.62. The van der Waals surface area contributed by atoms with Gasteiger partial charge in [-0.1, -0.05) is 155 Å². The van der Waals surface area contributed by atoms with E-state index in [1.165, 1.54) is 66.4 Å². The smallest absolute Gasteiger partial charge is 0.159 e. The van der Waals surface area contributed by atoms with Crippen LogP contribution in [0.4, 0.5) is 17.1 Å². The Balaban J connectivity index is 0.939. The lowest BCUT2D eigenvalue weighted by Gasteiger charge is -2.30. The van der Waals surface area contributed by atoms with Crippen LogP contribution in [-0.2, 0) is 10.8 Å². The molecule has 0 saturated carbocycles. The van der Waals surface area contributed by atoms with Crippen LogP contribution in [0.2, 0.25) is 0 Å².